The Hall–Kier alpha value is -0.650. The molecule has 1 atom stereocenters. The molecule has 2 rings (SSSR count). The zero-order valence-electron chi connectivity index (χ0n) is 12.3. The first-order valence-electron chi connectivity index (χ1n) is 7.18. The second kappa shape index (κ2) is 6.20. The molecule has 1 saturated heterocycles. The average molecular weight is 270 g/mol. The van der Waals surface area contributed by atoms with Gasteiger partial charge in [-0.05, 0) is 38.6 Å². The summed E-state index contributed by atoms with van der Waals surface area (Å²) in [5, 5.41) is 3.25. The summed E-state index contributed by atoms with van der Waals surface area (Å²) < 4.78 is 10.4. The van der Waals surface area contributed by atoms with Gasteiger partial charge < -0.3 is 19.7 Å². The molecule has 0 aromatic heterocycles. The molecule has 0 aromatic rings. The SMILES string of the molecule is CNC(CN1CCC(OC)CC1)(C(=O)OC)C1CC1. The first kappa shape index (κ1) is 14.8. The fraction of sp³-hybridized carbons (Fsp3) is 0.929. The highest BCUT2D eigenvalue weighted by molar-refractivity contribution is 5.82. The van der Waals surface area contributed by atoms with Crippen LogP contribution in [-0.2, 0) is 14.3 Å². The number of nitrogens with one attached hydrogen (secondary N) is 1. The summed E-state index contributed by atoms with van der Waals surface area (Å²) in [5.74, 6) is 0.302. The van der Waals surface area contributed by atoms with Gasteiger partial charge >= 0.3 is 5.97 Å². The Bertz CT molecular complexity index is 312. The lowest BCUT2D eigenvalue weighted by Crippen LogP contribution is -2.61. The molecule has 0 aromatic carbocycles. The van der Waals surface area contributed by atoms with Crippen molar-refractivity contribution in [3.8, 4) is 0 Å². The number of esters is 1. The lowest BCUT2D eigenvalue weighted by atomic mass is 9.91. The van der Waals surface area contributed by atoms with Gasteiger partial charge in [0, 0.05) is 26.7 Å². The predicted octanol–water partition coefficient (Wildman–Crippen LogP) is 0.638. The van der Waals surface area contributed by atoms with Crippen molar-refractivity contribution in [2.45, 2.75) is 37.3 Å². The zero-order chi connectivity index (χ0) is 13.9. The first-order valence-corrected chi connectivity index (χ1v) is 7.18. The van der Waals surface area contributed by atoms with E-state index in [1.165, 1.54) is 7.11 Å². The lowest BCUT2D eigenvalue weighted by Gasteiger charge is -2.39. The summed E-state index contributed by atoms with van der Waals surface area (Å²) in [6.07, 6.45) is 4.69. The van der Waals surface area contributed by atoms with E-state index >= 15 is 0 Å². The minimum Gasteiger partial charge on any atom is -0.468 e. The maximum atomic E-state index is 12.2. The highest BCUT2D eigenvalue weighted by Crippen LogP contribution is 2.41. The van der Waals surface area contributed by atoms with E-state index in [0.717, 1.165) is 45.3 Å². The van der Waals surface area contributed by atoms with E-state index in [-0.39, 0.29) is 5.97 Å². The summed E-state index contributed by atoms with van der Waals surface area (Å²) >= 11 is 0. The lowest BCUT2D eigenvalue weighted by molar-refractivity contribution is -0.150. The Morgan fingerprint density at radius 2 is 1.89 bits per heavy atom. The number of ether oxygens (including phenoxy) is 2. The van der Waals surface area contributed by atoms with Gasteiger partial charge in [0.1, 0.15) is 5.54 Å². The molecule has 5 nitrogen and oxygen atoms in total. The van der Waals surface area contributed by atoms with Crippen LogP contribution in [0.1, 0.15) is 25.7 Å². The van der Waals surface area contributed by atoms with Crippen LogP contribution in [0.2, 0.25) is 0 Å². The van der Waals surface area contributed by atoms with Crippen molar-refractivity contribution in [1.29, 1.82) is 0 Å². The van der Waals surface area contributed by atoms with Gasteiger partial charge in [-0.15, -0.1) is 0 Å². The standard InChI is InChI=1S/C14H26N2O3/c1-15-14(11-4-5-11,13(17)19-3)10-16-8-6-12(18-2)7-9-16/h11-12,15H,4-10H2,1-3H3. The number of piperidine rings is 1. The van der Waals surface area contributed by atoms with Crippen LogP contribution in [0, 0.1) is 5.92 Å². The fourth-order valence-electron chi connectivity index (χ4n) is 3.16. The third kappa shape index (κ3) is 3.09. The summed E-state index contributed by atoms with van der Waals surface area (Å²) in [5.41, 5.74) is -0.519. The van der Waals surface area contributed by atoms with Gasteiger partial charge in [-0.2, -0.15) is 0 Å². The van der Waals surface area contributed by atoms with Crippen LogP contribution < -0.4 is 5.32 Å². The molecule has 0 spiro atoms. The molecule has 1 N–H and O–H groups in total. The van der Waals surface area contributed by atoms with Crippen molar-refractivity contribution in [2.24, 2.45) is 5.92 Å². The molecule has 19 heavy (non-hydrogen) atoms. The number of carbonyl (C=O) groups is 1. The molecule has 2 aliphatic rings. The number of rotatable bonds is 6. The van der Waals surface area contributed by atoms with Crippen LogP contribution in [0.5, 0.6) is 0 Å². The summed E-state index contributed by atoms with van der Waals surface area (Å²) in [6.45, 7) is 2.73. The minimum atomic E-state index is -0.519. The molecule has 1 saturated carbocycles. The van der Waals surface area contributed by atoms with Gasteiger partial charge in [-0.1, -0.05) is 0 Å². The maximum absolute atomic E-state index is 12.2. The topological polar surface area (TPSA) is 50.8 Å². The van der Waals surface area contributed by atoms with E-state index in [0.29, 0.717) is 12.0 Å². The van der Waals surface area contributed by atoms with E-state index in [1.54, 1.807) is 7.11 Å². The molecular formula is C14H26N2O3. The average Bonchev–Trinajstić information content (AvgIpc) is 3.29. The molecule has 1 unspecified atom stereocenters. The number of methoxy groups -OCH3 is 2. The van der Waals surface area contributed by atoms with Crippen LogP contribution in [0.3, 0.4) is 0 Å². The Kier molecular flexibility index (Phi) is 4.81. The molecule has 0 radical (unpaired) electrons. The largest absolute Gasteiger partial charge is 0.468 e. The summed E-state index contributed by atoms with van der Waals surface area (Å²) in [6, 6.07) is 0. The number of carbonyl (C=O) groups excluding carboxylic acids is 1. The number of likely N-dealkylation sites (N-methyl/N-ethyl adjacent to an activating group) is 1. The zero-order valence-corrected chi connectivity index (χ0v) is 12.3. The van der Waals surface area contributed by atoms with E-state index in [9.17, 15) is 4.79 Å². The van der Waals surface area contributed by atoms with E-state index in [4.69, 9.17) is 9.47 Å². The maximum Gasteiger partial charge on any atom is 0.327 e. The van der Waals surface area contributed by atoms with E-state index in [2.05, 4.69) is 10.2 Å². The van der Waals surface area contributed by atoms with Crippen LogP contribution in [0.4, 0.5) is 0 Å². The second-order valence-electron chi connectivity index (χ2n) is 5.70. The quantitative estimate of drug-likeness (QED) is 0.718. The number of likely N-dealkylation sites (tertiary alicyclic amines) is 1. The smallest absolute Gasteiger partial charge is 0.327 e. The molecule has 1 aliphatic heterocycles. The normalized spacial score (nSPS) is 25.0. The third-order valence-corrected chi connectivity index (χ3v) is 4.61. The van der Waals surface area contributed by atoms with Gasteiger partial charge in [0.15, 0.2) is 0 Å². The minimum absolute atomic E-state index is 0.119. The second-order valence-corrected chi connectivity index (χ2v) is 5.70. The van der Waals surface area contributed by atoms with Gasteiger partial charge in [0.05, 0.1) is 13.2 Å². The summed E-state index contributed by atoms with van der Waals surface area (Å²) in [4.78, 5) is 14.6. The number of hydrogen-bond donors (Lipinski definition) is 1. The van der Waals surface area contributed by atoms with Crippen LogP contribution in [0.25, 0.3) is 0 Å². The van der Waals surface area contributed by atoms with Crippen molar-refractivity contribution in [2.75, 3.05) is 40.9 Å². The highest BCUT2D eigenvalue weighted by Gasteiger charge is 2.51. The van der Waals surface area contributed by atoms with Gasteiger partial charge in [0.25, 0.3) is 0 Å². The van der Waals surface area contributed by atoms with Gasteiger partial charge in [-0.25, -0.2) is 4.79 Å². The molecule has 5 heteroatoms. The van der Waals surface area contributed by atoms with Crippen molar-refractivity contribution < 1.29 is 14.3 Å². The van der Waals surface area contributed by atoms with E-state index < -0.39 is 5.54 Å². The molecule has 1 heterocycles. The number of nitrogens with zero attached hydrogens (tertiary/aromatic N) is 1. The van der Waals surface area contributed by atoms with E-state index in [1.807, 2.05) is 7.05 Å². The molecule has 2 fully saturated rings. The van der Waals surface area contributed by atoms with Crippen molar-refractivity contribution >= 4 is 5.97 Å². The Morgan fingerprint density at radius 1 is 1.26 bits per heavy atom. The monoisotopic (exact) mass is 270 g/mol. The first-order chi connectivity index (χ1) is 9.16. The van der Waals surface area contributed by atoms with Crippen molar-refractivity contribution in [1.82, 2.24) is 10.2 Å². The fourth-order valence-corrected chi connectivity index (χ4v) is 3.16. The highest BCUT2D eigenvalue weighted by atomic mass is 16.5. The molecule has 110 valence electrons. The van der Waals surface area contributed by atoms with Crippen molar-refractivity contribution in [3.63, 3.8) is 0 Å². The van der Waals surface area contributed by atoms with Crippen LogP contribution >= 0.6 is 0 Å². The predicted molar refractivity (Wildman–Crippen MR) is 73.0 cm³/mol. The Balaban J connectivity index is 1.99. The number of hydrogen-bond acceptors (Lipinski definition) is 5. The van der Waals surface area contributed by atoms with Crippen LogP contribution in [0.15, 0.2) is 0 Å². The molecular weight excluding hydrogens is 244 g/mol. The van der Waals surface area contributed by atoms with Gasteiger partial charge in [0.2, 0.25) is 0 Å². The van der Waals surface area contributed by atoms with Crippen molar-refractivity contribution in [3.05, 3.63) is 0 Å². The molecule has 0 bridgehead atoms. The Morgan fingerprint density at radius 3 is 2.32 bits per heavy atom. The third-order valence-electron chi connectivity index (χ3n) is 4.61. The van der Waals surface area contributed by atoms with Gasteiger partial charge in [-0.3, -0.25) is 0 Å². The Labute approximate surface area is 115 Å². The molecule has 1 aliphatic carbocycles. The summed E-state index contributed by atoms with van der Waals surface area (Å²) in [7, 11) is 5.13. The van der Waals surface area contributed by atoms with Crippen LogP contribution in [-0.4, -0.2) is 63.4 Å². The molecule has 0 amide bonds.